The number of nitrogens with one attached hydrogen (secondary N) is 1. The SMILES string of the molecule is CC1(NC(=O)c2ccc(-n3cnnc3)cc2)CCCCC1C(=O)O. The number of rotatable bonds is 4. The summed E-state index contributed by atoms with van der Waals surface area (Å²) in [4.78, 5) is 24.0. The van der Waals surface area contributed by atoms with Crippen molar-refractivity contribution >= 4 is 11.9 Å². The number of carbonyl (C=O) groups excluding carboxylic acids is 1. The Kier molecular flexibility index (Phi) is 4.33. The number of carbonyl (C=O) groups is 2. The fraction of sp³-hybridized carbons (Fsp3) is 0.412. The van der Waals surface area contributed by atoms with Gasteiger partial charge in [0.25, 0.3) is 5.91 Å². The molecular formula is C17H20N4O3. The highest BCUT2D eigenvalue weighted by molar-refractivity contribution is 5.95. The lowest BCUT2D eigenvalue weighted by Crippen LogP contribution is -2.55. The predicted molar refractivity (Wildman–Crippen MR) is 86.8 cm³/mol. The van der Waals surface area contributed by atoms with E-state index in [-0.39, 0.29) is 5.91 Å². The largest absolute Gasteiger partial charge is 0.481 e. The number of aromatic nitrogens is 3. The Morgan fingerprint density at radius 2 is 1.88 bits per heavy atom. The number of aliphatic carboxylic acids is 1. The van der Waals surface area contributed by atoms with Crippen molar-refractivity contribution in [2.24, 2.45) is 5.92 Å². The molecule has 126 valence electrons. The van der Waals surface area contributed by atoms with E-state index in [4.69, 9.17) is 0 Å². The summed E-state index contributed by atoms with van der Waals surface area (Å²) in [5, 5.41) is 19.9. The second-order valence-electron chi connectivity index (χ2n) is 6.42. The molecule has 2 unspecified atom stereocenters. The maximum Gasteiger partial charge on any atom is 0.308 e. The number of benzene rings is 1. The molecule has 0 spiro atoms. The number of nitrogens with zero attached hydrogens (tertiary/aromatic N) is 3. The molecule has 2 N–H and O–H groups in total. The lowest BCUT2D eigenvalue weighted by molar-refractivity contribution is -0.145. The zero-order valence-electron chi connectivity index (χ0n) is 13.5. The molecule has 1 aliphatic rings. The Labute approximate surface area is 139 Å². The van der Waals surface area contributed by atoms with E-state index in [0.29, 0.717) is 18.4 Å². The highest BCUT2D eigenvalue weighted by Gasteiger charge is 2.42. The summed E-state index contributed by atoms with van der Waals surface area (Å²) in [6, 6.07) is 7.03. The van der Waals surface area contributed by atoms with E-state index in [0.717, 1.165) is 18.5 Å². The molecule has 2 atom stereocenters. The minimum atomic E-state index is -0.847. The molecule has 1 heterocycles. The van der Waals surface area contributed by atoms with Gasteiger partial charge in [-0.2, -0.15) is 0 Å². The van der Waals surface area contributed by atoms with Gasteiger partial charge in [-0.3, -0.25) is 14.2 Å². The maximum atomic E-state index is 12.5. The third-order valence-corrected chi connectivity index (χ3v) is 4.75. The van der Waals surface area contributed by atoms with Crippen LogP contribution in [0.15, 0.2) is 36.9 Å². The van der Waals surface area contributed by atoms with Crippen LogP contribution in [-0.2, 0) is 4.79 Å². The van der Waals surface area contributed by atoms with Crippen molar-refractivity contribution in [3.63, 3.8) is 0 Å². The highest BCUT2D eigenvalue weighted by Crippen LogP contribution is 2.34. The molecular weight excluding hydrogens is 308 g/mol. The van der Waals surface area contributed by atoms with Gasteiger partial charge in [0.15, 0.2) is 0 Å². The van der Waals surface area contributed by atoms with Gasteiger partial charge in [0, 0.05) is 11.3 Å². The normalized spacial score (nSPS) is 23.6. The van der Waals surface area contributed by atoms with Gasteiger partial charge >= 0.3 is 5.97 Å². The van der Waals surface area contributed by atoms with E-state index in [1.807, 2.05) is 6.92 Å². The average molecular weight is 328 g/mol. The van der Waals surface area contributed by atoms with Crippen LogP contribution in [0.1, 0.15) is 43.0 Å². The number of hydrogen-bond donors (Lipinski definition) is 2. The van der Waals surface area contributed by atoms with Crippen LogP contribution < -0.4 is 5.32 Å². The monoisotopic (exact) mass is 328 g/mol. The smallest absolute Gasteiger partial charge is 0.308 e. The minimum Gasteiger partial charge on any atom is -0.481 e. The van der Waals surface area contributed by atoms with Crippen LogP contribution in [0.4, 0.5) is 0 Å². The lowest BCUT2D eigenvalue weighted by Gasteiger charge is -2.39. The van der Waals surface area contributed by atoms with E-state index >= 15 is 0 Å². The first-order valence-corrected chi connectivity index (χ1v) is 8.00. The van der Waals surface area contributed by atoms with Gasteiger partial charge in [-0.05, 0) is 44.0 Å². The molecule has 0 bridgehead atoms. The van der Waals surface area contributed by atoms with Crippen LogP contribution in [0, 0.1) is 5.92 Å². The highest BCUT2D eigenvalue weighted by atomic mass is 16.4. The topological polar surface area (TPSA) is 97.1 Å². The summed E-state index contributed by atoms with van der Waals surface area (Å²) in [5.74, 6) is -1.65. The summed E-state index contributed by atoms with van der Waals surface area (Å²) < 4.78 is 1.74. The predicted octanol–water partition coefficient (Wildman–Crippen LogP) is 2.03. The number of hydrogen-bond acceptors (Lipinski definition) is 4. The van der Waals surface area contributed by atoms with Gasteiger partial charge in [-0.1, -0.05) is 12.8 Å². The zero-order valence-corrected chi connectivity index (χ0v) is 13.5. The molecule has 0 saturated heterocycles. The summed E-state index contributed by atoms with van der Waals surface area (Å²) in [5.41, 5.74) is 0.639. The molecule has 1 aliphatic carbocycles. The molecule has 2 aromatic rings. The molecule has 7 nitrogen and oxygen atoms in total. The van der Waals surface area contributed by atoms with Crippen LogP contribution in [0.3, 0.4) is 0 Å². The zero-order chi connectivity index (χ0) is 17.2. The Balaban J connectivity index is 1.75. The van der Waals surface area contributed by atoms with Gasteiger partial charge < -0.3 is 10.4 Å². The van der Waals surface area contributed by atoms with Crippen LogP contribution >= 0.6 is 0 Å². The number of carboxylic acids is 1. The molecule has 1 aromatic carbocycles. The standard InChI is InChI=1S/C17H20N4O3/c1-17(9-3-2-4-14(17)16(23)24)20-15(22)12-5-7-13(8-6-12)21-10-18-19-11-21/h5-8,10-11,14H,2-4,9H2,1H3,(H,20,22)(H,23,24). The third kappa shape index (κ3) is 3.15. The van der Waals surface area contributed by atoms with E-state index < -0.39 is 17.4 Å². The Morgan fingerprint density at radius 3 is 2.50 bits per heavy atom. The van der Waals surface area contributed by atoms with E-state index in [2.05, 4.69) is 15.5 Å². The fourth-order valence-electron chi connectivity index (χ4n) is 3.33. The van der Waals surface area contributed by atoms with Gasteiger partial charge in [-0.25, -0.2) is 0 Å². The number of carboxylic acid groups (broad SMARTS) is 1. The molecule has 1 aromatic heterocycles. The lowest BCUT2D eigenvalue weighted by atomic mass is 9.73. The van der Waals surface area contributed by atoms with Crippen LogP contribution in [-0.4, -0.2) is 37.3 Å². The van der Waals surface area contributed by atoms with Crippen molar-refractivity contribution in [3.05, 3.63) is 42.5 Å². The van der Waals surface area contributed by atoms with Crippen molar-refractivity contribution in [1.29, 1.82) is 0 Å². The summed E-state index contributed by atoms with van der Waals surface area (Å²) >= 11 is 0. The summed E-state index contributed by atoms with van der Waals surface area (Å²) in [6.07, 6.45) is 6.24. The first-order valence-electron chi connectivity index (χ1n) is 8.00. The van der Waals surface area contributed by atoms with Crippen molar-refractivity contribution in [3.8, 4) is 5.69 Å². The Hall–Kier alpha value is -2.70. The second-order valence-corrected chi connectivity index (χ2v) is 6.42. The first-order chi connectivity index (χ1) is 11.5. The van der Waals surface area contributed by atoms with Crippen molar-refractivity contribution in [1.82, 2.24) is 20.1 Å². The van der Waals surface area contributed by atoms with Gasteiger partial charge in [0.05, 0.1) is 11.5 Å². The van der Waals surface area contributed by atoms with E-state index in [1.54, 1.807) is 41.5 Å². The van der Waals surface area contributed by atoms with Crippen molar-refractivity contribution in [2.75, 3.05) is 0 Å². The summed E-state index contributed by atoms with van der Waals surface area (Å²) in [7, 11) is 0. The van der Waals surface area contributed by atoms with Crippen LogP contribution in [0.25, 0.3) is 5.69 Å². The van der Waals surface area contributed by atoms with E-state index in [9.17, 15) is 14.7 Å². The first kappa shape index (κ1) is 16.2. The Bertz CT molecular complexity index is 727. The second kappa shape index (κ2) is 6.43. The van der Waals surface area contributed by atoms with Crippen molar-refractivity contribution < 1.29 is 14.7 Å². The molecule has 0 aliphatic heterocycles. The number of amides is 1. The molecule has 1 saturated carbocycles. The van der Waals surface area contributed by atoms with Gasteiger partial charge in [0.1, 0.15) is 12.7 Å². The molecule has 3 rings (SSSR count). The molecule has 0 radical (unpaired) electrons. The Morgan fingerprint density at radius 1 is 1.21 bits per heavy atom. The third-order valence-electron chi connectivity index (χ3n) is 4.75. The van der Waals surface area contributed by atoms with Gasteiger partial charge in [-0.15, -0.1) is 10.2 Å². The van der Waals surface area contributed by atoms with Crippen LogP contribution in [0.2, 0.25) is 0 Å². The van der Waals surface area contributed by atoms with Crippen LogP contribution in [0.5, 0.6) is 0 Å². The molecule has 7 heteroatoms. The molecule has 1 fully saturated rings. The summed E-state index contributed by atoms with van der Waals surface area (Å²) in [6.45, 7) is 1.83. The van der Waals surface area contributed by atoms with E-state index in [1.165, 1.54) is 0 Å². The quantitative estimate of drug-likeness (QED) is 0.895. The van der Waals surface area contributed by atoms with Crippen molar-refractivity contribution in [2.45, 2.75) is 38.1 Å². The van der Waals surface area contributed by atoms with Gasteiger partial charge in [0.2, 0.25) is 0 Å². The average Bonchev–Trinajstić information content (AvgIpc) is 3.09. The maximum absolute atomic E-state index is 12.5. The molecule has 1 amide bonds. The molecule has 24 heavy (non-hydrogen) atoms. The minimum absolute atomic E-state index is 0.249. The fourth-order valence-corrected chi connectivity index (χ4v) is 3.33.